The molecule has 1 aromatic heterocycles. The summed E-state index contributed by atoms with van der Waals surface area (Å²) in [7, 11) is 0. The van der Waals surface area contributed by atoms with Crippen molar-refractivity contribution in [2.45, 2.75) is 13.8 Å². The summed E-state index contributed by atoms with van der Waals surface area (Å²) in [6.07, 6.45) is 5.24. The number of nitriles is 1. The van der Waals surface area contributed by atoms with Gasteiger partial charge in [0.2, 0.25) is 0 Å². The number of hydrogen-bond donors (Lipinski definition) is 0. The van der Waals surface area contributed by atoms with Gasteiger partial charge in [0.05, 0.1) is 16.2 Å². The average molecular weight is 387 g/mol. The summed E-state index contributed by atoms with van der Waals surface area (Å²) in [6, 6.07) is 14.6. The second kappa shape index (κ2) is 8.42. The van der Waals surface area contributed by atoms with E-state index in [2.05, 4.69) is 37.0 Å². The van der Waals surface area contributed by atoms with E-state index < -0.39 is 4.92 Å². The monoisotopic (exact) mass is 387 g/mol. The van der Waals surface area contributed by atoms with Crippen LogP contribution >= 0.6 is 11.3 Å². The van der Waals surface area contributed by atoms with Crippen molar-refractivity contribution >= 4 is 28.7 Å². The number of thiazole rings is 1. The highest BCUT2D eigenvalue weighted by Gasteiger charge is 2.09. The molecule has 6 heteroatoms. The predicted molar refractivity (Wildman–Crippen MR) is 113 cm³/mol. The van der Waals surface area contributed by atoms with E-state index in [1.807, 2.05) is 11.4 Å². The molecule has 0 atom stereocenters. The molecule has 0 aliphatic rings. The molecule has 3 rings (SSSR count). The molecule has 5 nitrogen and oxygen atoms in total. The second-order valence-electron chi connectivity index (χ2n) is 6.24. The van der Waals surface area contributed by atoms with E-state index in [0.717, 1.165) is 16.8 Å². The molecule has 2 aromatic carbocycles. The SMILES string of the molecule is Cc1ccc(-c2csc(C(C#N)=CC=Cc3ccc([N+](=O)[O-])cc3)n2)cc1C. The van der Waals surface area contributed by atoms with Gasteiger partial charge in [0.25, 0.3) is 5.69 Å². The van der Waals surface area contributed by atoms with Crippen molar-refractivity contribution in [1.29, 1.82) is 5.26 Å². The number of nitro benzene ring substituents is 1. The van der Waals surface area contributed by atoms with Gasteiger partial charge < -0.3 is 0 Å². The van der Waals surface area contributed by atoms with Crippen molar-refractivity contribution in [3.8, 4) is 17.3 Å². The highest BCUT2D eigenvalue weighted by Crippen LogP contribution is 2.27. The summed E-state index contributed by atoms with van der Waals surface area (Å²) in [4.78, 5) is 14.9. The van der Waals surface area contributed by atoms with E-state index >= 15 is 0 Å². The van der Waals surface area contributed by atoms with Crippen molar-refractivity contribution in [1.82, 2.24) is 4.98 Å². The first kappa shape index (κ1) is 19.2. The van der Waals surface area contributed by atoms with Crippen LogP contribution in [-0.2, 0) is 0 Å². The Morgan fingerprint density at radius 3 is 2.57 bits per heavy atom. The maximum absolute atomic E-state index is 10.7. The van der Waals surface area contributed by atoms with E-state index in [9.17, 15) is 15.4 Å². The van der Waals surface area contributed by atoms with Gasteiger partial charge in [-0.2, -0.15) is 5.26 Å². The summed E-state index contributed by atoms with van der Waals surface area (Å²) >= 11 is 1.43. The van der Waals surface area contributed by atoms with Crippen LogP contribution in [0.4, 0.5) is 5.69 Å². The molecule has 138 valence electrons. The van der Waals surface area contributed by atoms with Crippen LogP contribution in [0.3, 0.4) is 0 Å². The number of aryl methyl sites for hydroxylation is 2. The van der Waals surface area contributed by atoms with Gasteiger partial charge in [-0.25, -0.2) is 4.98 Å². The molecular formula is C22H17N3O2S. The number of aromatic nitrogens is 1. The third-order valence-corrected chi connectivity index (χ3v) is 5.19. The van der Waals surface area contributed by atoms with Gasteiger partial charge in [0, 0.05) is 23.1 Å². The van der Waals surface area contributed by atoms with Gasteiger partial charge in [-0.15, -0.1) is 11.3 Å². The quantitative estimate of drug-likeness (QED) is 0.234. The number of hydrogen-bond acceptors (Lipinski definition) is 5. The summed E-state index contributed by atoms with van der Waals surface area (Å²) in [5.41, 5.74) is 5.65. The summed E-state index contributed by atoms with van der Waals surface area (Å²) in [6.45, 7) is 4.13. The van der Waals surface area contributed by atoms with Crippen LogP contribution in [0.5, 0.6) is 0 Å². The van der Waals surface area contributed by atoms with Crippen LogP contribution < -0.4 is 0 Å². The first-order valence-corrected chi connectivity index (χ1v) is 9.42. The molecule has 0 saturated carbocycles. The van der Waals surface area contributed by atoms with E-state index in [0.29, 0.717) is 10.6 Å². The molecular weight excluding hydrogens is 370 g/mol. The molecule has 28 heavy (non-hydrogen) atoms. The van der Waals surface area contributed by atoms with Gasteiger partial charge in [-0.3, -0.25) is 10.1 Å². The molecule has 0 spiro atoms. The number of benzene rings is 2. The normalized spacial score (nSPS) is 11.5. The van der Waals surface area contributed by atoms with Crippen LogP contribution in [0.25, 0.3) is 22.9 Å². The van der Waals surface area contributed by atoms with Crippen LogP contribution in [0.2, 0.25) is 0 Å². The predicted octanol–water partition coefficient (Wildman–Crippen LogP) is 5.96. The Bertz CT molecular complexity index is 1120. The van der Waals surface area contributed by atoms with Gasteiger partial charge >= 0.3 is 0 Å². The third kappa shape index (κ3) is 4.40. The lowest BCUT2D eigenvalue weighted by Crippen LogP contribution is -1.86. The highest BCUT2D eigenvalue weighted by molar-refractivity contribution is 7.11. The molecule has 0 aliphatic heterocycles. The van der Waals surface area contributed by atoms with E-state index in [1.54, 1.807) is 30.4 Å². The highest BCUT2D eigenvalue weighted by atomic mass is 32.1. The Balaban J connectivity index is 1.79. The Morgan fingerprint density at radius 1 is 1.18 bits per heavy atom. The fourth-order valence-corrected chi connectivity index (χ4v) is 3.35. The van der Waals surface area contributed by atoms with Crippen molar-refractivity contribution in [2.24, 2.45) is 0 Å². The smallest absolute Gasteiger partial charge is 0.258 e. The van der Waals surface area contributed by atoms with Gasteiger partial charge in [0.15, 0.2) is 0 Å². The molecule has 0 amide bonds. The Labute approximate surface area is 167 Å². The fourth-order valence-electron chi connectivity index (χ4n) is 2.55. The van der Waals surface area contributed by atoms with Gasteiger partial charge in [-0.1, -0.05) is 24.3 Å². The third-order valence-electron chi connectivity index (χ3n) is 4.31. The molecule has 3 aromatic rings. The molecule has 0 fully saturated rings. The number of nitrogens with zero attached hydrogens (tertiary/aromatic N) is 3. The minimum atomic E-state index is -0.434. The Kier molecular flexibility index (Phi) is 5.78. The van der Waals surface area contributed by atoms with Gasteiger partial charge in [0.1, 0.15) is 11.1 Å². The lowest BCUT2D eigenvalue weighted by molar-refractivity contribution is -0.384. The van der Waals surface area contributed by atoms with Crippen LogP contribution in [-0.4, -0.2) is 9.91 Å². The largest absolute Gasteiger partial charge is 0.269 e. The maximum atomic E-state index is 10.7. The van der Waals surface area contributed by atoms with Gasteiger partial charge in [-0.05, 0) is 54.8 Å². The number of rotatable bonds is 5. The minimum Gasteiger partial charge on any atom is -0.258 e. The second-order valence-corrected chi connectivity index (χ2v) is 7.09. The average Bonchev–Trinajstić information content (AvgIpc) is 3.17. The molecule has 0 radical (unpaired) electrons. The summed E-state index contributed by atoms with van der Waals surface area (Å²) in [5.74, 6) is 0. The zero-order chi connectivity index (χ0) is 20.1. The first-order chi connectivity index (χ1) is 13.5. The lowest BCUT2D eigenvalue weighted by Gasteiger charge is -2.02. The topological polar surface area (TPSA) is 79.8 Å². The van der Waals surface area contributed by atoms with Crippen molar-refractivity contribution in [3.05, 3.63) is 91.8 Å². The number of allylic oxidation sites excluding steroid dienone is 3. The van der Waals surface area contributed by atoms with Crippen molar-refractivity contribution in [2.75, 3.05) is 0 Å². The van der Waals surface area contributed by atoms with Crippen LogP contribution in [0.1, 0.15) is 21.7 Å². The summed E-state index contributed by atoms with van der Waals surface area (Å²) < 4.78 is 0. The van der Waals surface area contributed by atoms with Crippen molar-refractivity contribution < 1.29 is 4.92 Å². The molecule has 1 heterocycles. The first-order valence-electron chi connectivity index (χ1n) is 8.54. The summed E-state index contributed by atoms with van der Waals surface area (Å²) in [5, 5.41) is 22.8. The van der Waals surface area contributed by atoms with Crippen molar-refractivity contribution in [3.63, 3.8) is 0 Å². The number of non-ortho nitro benzene ring substituents is 1. The molecule has 0 saturated heterocycles. The van der Waals surface area contributed by atoms with E-state index in [-0.39, 0.29) is 5.69 Å². The Hall–Kier alpha value is -3.56. The zero-order valence-electron chi connectivity index (χ0n) is 15.4. The number of nitro groups is 1. The fraction of sp³-hybridized carbons (Fsp3) is 0.0909. The zero-order valence-corrected chi connectivity index (χ0v) is 16.2. The Morgan fingerprint density at radius 2 is 1.93 bits per heavy atom. The van der Waals surface area contributed by atoms with Crippen LogP contribution in [0.15, 0.2) is 60.0 Å². The van der Waals surface area contributed by atoms with E-state index in [4.69, 9.17) is 0 Å². The maximum Gasteiger partial charge on any atom is 0.269 e. The molecule has 0 bridgehead atoms. The molecule has 0 N–H and O–H groups in total. The van der Waals surface area contributed by atoms with E-state index in [1.165, 1.54) is 34.6 Å². The standard InChI is InChI=1S/C22H17N3O2S/c1-15-6-9-18(12-16(15)2)21-14-28-22(24-21)19(13-23)5-3-4-17-7-10-20(11-8-17)25(26)27/h3-12,14H,1-2H3. The minimum absolute atomic E-state index is 0.0482. The molecule has 0 unspecified atom stereocenters. The lowest BCUT2D eigenvalue weighted by atomic mass is 10.1. The van der Waals surface area contributed by atoms with Crippen LogP contribution in [0, 0.1) is 35.3 Å². The molecule has 0 aliphatic carbocycles.